The Hall–Kier alpha value is -0.960. The third-order valence-electron chi connectivity index (χ3n) is 1.65. The Morgan fingerprint density at radius 3 is 2.00 bits per heavy atom. The van der Waals surface area contributed by atoms with Gasteiger partial charge >= 0.3 is 0 Å². The van der Waals surface area contributed by atoms with Crippen molar-refractivity contribution in [2.24, 2.45) is 0 Å². The predicted molar refractivity (Wildman–Crippen MR) is 52.3 cm³/mol. The number of hydrogen-bond acceptors (Lipinski definition) is 2. The number of hydrogen-bond donors (Lipinski definition) is 0. The van der Waals surface area contributed by atoms with Gasteiger partial charge in [-0.25, -0.2) is 0 Å². The molecule has 3 nitrogen and oxygen atoms in total. The number of Topliss-reactive ketones (excluding diaryl/α,β-unsaturated/α-hetero) is 2. The van der Waals surface area contributed by atoms with Gasteiger partial charge in [-0.2, -0.15) is 0 Å². The highest BCUT2D eigenvalue weighted by Crippen LogP contribution is 1.99. The van der Waals surface area contributed by atoms with Crippen molar-refractivity contribution < 1.29 is 14.1 Å². The van der Waals surface area contributed by atoms with E-state index >= 15 is 0 Å². The number of allylic oxidation sites excluding steroid dienone is 1. The molecule has 3 heteroatoms. The van der Waals surface area contributed by atoms with E-state index in [0.717, 1.165) is 0 Å². The number of carbonyl (C=O) groups excluding carboxylic acids is 2. The van der Waals surface area contributed by atoms with Crippen LogP contribution in [0.3, 0.4) is 0 Å². The molecule has 0 aromatic rings. The SMILES string of the molecule is C=C(C)C(=O)C(=O)CC[N+](C)(C)C. The van der Waals surface area contributed by atoms with Crippen molar-refractivity contribution in [1.82, 2.24) is 0 Å². The molecule has 0 unspecified atom stereocenters. The largest absolute Gasteiger partial charge is 0.331 e. The minimum Gasteiger partial charge on any atom is -0.331 e. The van der Waals surface area contributed by atoms with Gasteiger partial charge in [-0.05, 0) is 12.5 Å². The van der Waals surface area contributed by atoms with Crippen molar-refractivity contribution in [1.29, 1.82) is 0 Å². The standard InChI is InChI=1S/C10H18NO2/c1-8(2)10(13)9(12)6-7-11(3,4)5/h1,6-7H2,2-5H3/q+1. The van der Waals surface area contributed by atoms with Gasteiger partial charge in [0.1, 0.15) is 0 Å². The minimum atomic E-state index is -0.437. The van der Waals surface area contributed by atoms with Gasteiger partial charge < -0.3 is 4.48 Å². The van der Waals surface area contributed by atoms with E-state index in [-0.39, 0.29) is 5.78 Å². The average molecular weight is 184 g/mol. The highest BCUT2D eigenvalue weighted by Gasteiger charge is 2.17. The molecule has 0 atom stereocenters. The van der Waals surface area contributed by atoms with E-state index in [2.05, 4.69) is 6.58 Å². The van der Waals surface area contributed by atoms with Crippen LogP contribution in [0.1, 0.15) is 13.3 Å². The summed E-state index contributed by atoms with van der Waals surface area (Å²) in [6, 6.07) is 0. The van der Waals surface area contributed by atoms with Gasteiger partial charge in [-0.1, -0.05) is 6.58 Å². The summed E-state index contributed by atoms with van der Waals surface area (Å²) in [5.74, 6) is -0.769. The van der Waals surface area contributed by atoms with E-state index in [4.69, 9.17) is 0 Å². The van der Waals surface area contributed by atoms with E-state index in [1.54, 1.807) is 6.92 Å². The monoisotopic (exact) mass is 184 g/mol. The van der Waals surface area contributed by atoms with Crippen LogP contribution in [0.5, 0.6) is 0 Å². The van der Waals surface area contributed by atoms with E-state index < -0.39 is 5.78 Å². The van der Waals surface area contributed by atoms with Crippen LogP contribution in [-0.2, 0) is 9.59 Å². The molecule has 0 aromatic heterocycles. The maximum Gasteiger partial charge on any atom is 0.223 e. The zero-order valence-electron chi connectivity index (χ0n) is 8.89. The molecule has 0 saturated heterocycles. The minimum absolute atomic E-state index is 0.301. The lowest BCUT2D eigenvalue weighted by Gasteiger charge is -2.23. The summed E-state index contributed by atoms with van der Waals surface area (Å²) >= 11 is 0. The van der Waals surface area contributed by atoms with Gasteiger partial charge in [0.15, 0.2) is 0 Å². The third-order valence-corrected chi connectivity index (χ3v) is 1.65. The van der Waals surface area contributed by atoms with Crippen LogP contribution < -0.4 is 0 Å². The van der Waals surface area contributed by atoms with Gasteiger partial charge in [-0.15, -0.1) is 0 Å². The van der Waals surface area contributed by atoms with Crippen molar-refractivity contribution in [3.8, 4) is 0 Å². The van der Waals surface area contributed by atoms with Crippen LogP contribution in [0.4, 0.5) is 0 Å². The zero-order valence-corrected chi connectivity index (χ0v) is 8.89. The summed E-state index contributed by atoms with van der Waals surface area (Å²) in [5, 5.41) is 0. The molecule has 0 bridgehead atoms. The van der Waals surface area contributed by atoms with Crippen LogP contribution in [-0.4, -0.2) is 43.7 Å². The molecule has 0 heterocycles. The molecule has 0 saturated carbocycles. The lowest BCUT2D eigenvalue weighted by molar-refractivity contribution is -0.869. The third kappa shape index (κ3) is 5.31. The fourth-order valence-corrected chi connectivity index (χ4v) is 0.788. The van der Waals surface area contributed by atoms with E-state index in [9.17, 15) is 9.59 Å². The fourth-order valence-electron chi connectivity index (χ4n) is 0.788. The van der Waals surface area contributed by atoms with Crippen molar-refractivity contribution in [2.75, 3.05) is 27.7 Å². The van der Waals surface area contributed by atoms with Crippen LogP contribution in [0, 0.1) is 0 Å². The first kappa shape index (κ1) is 12.0. The van der Waals surface area contributed by atoms with Crippen LogP contribution in [0.15, 0.2) is 12.2 Å². The Balaban J connectivity index is 4.04. The van der Waals surface area contributed by atoms with E-state index in [1.165, 1.54) is 0 Å². The van der Waals surface area contributed by atoms with Crippen molar-refractivity contribution in [3.63, 3.8) is 0 Å². The van der Waals surface area contributed by atoms with E-state index in [1.807, 2.05) is 21.1 Å². The number of ketones is 2. The smallest absolute Gasteiger partial charge is 0.223 e. The second-order valence-corrected chi connectivity index (χ2v) is 4.30. The summed E-state index contributed by atoms with van der Waals surface area (Å²) < 4.78 is 0.690. The van der Waals surface area contributed by atoms with Crippen molar-refractivity contribution >= 4 is 11.6 Å². The lowest BCUT2D eigenvalue weighted by atomic mass is 10.1. The highest BCUT2D eigenvalue weighted by atomic mass is 16.2. The molecule has 0 aromatic carbocycles. The Morgan fingerprint density at radius 2 is 1.69 bits per heavy atom. The quantitative estimate of drug-likeness (QED) is 0.360. The van der Waals surface area contributed by atoms with Gasteiger partial charge in [0.2, 0.25) is 11.6 Å². The summed E-state index contributed by atoms with van der Waals surface area (Å²) in [6.07, 6.45) is 0.301. The molecular weight excluding hydrogens is 166 g/mol. The second-order valence-electron chi connectivity index (χ2n) is 4.30. The number of quaternary nitrogens is 1. The van der Waals surface area contributed by atoms with E-state index in [0.29, 0.717) is 23.0 Å². The van der Waals surface area contributed by atoms with Crippen LogP contribution >= 0.6 is 0 Å². The summed E-state index contributed by atoms with van der Waals surface area (Å²) in [4.78, 5) is 22.3. The van der Waals surface area contributed by atoms with Gasteiger partial charge in [-0.3, -0.25) is 9.59 Å². The molecule has 13 heavy (non-hydrogen) atoms. The number of rotatable bonds is 5. The van der Waals surface area contributed by atoms with Gasteiger partial charge in [0, 0.05) is 0 Å². The summed E-state index contributed by atoms with van der Waals surface area (Å²) in [6.45, 7) is 5.69. The first-order valence-corrected chi connectivity index (χ1v) is 4.27. The molecule has 0 aliphatic rings. The highest BCUT2D eigenvalue weighted by molar-refractivity contribution is 6.43. The van der Waals surface area contributed by atoms with Gasteiger partial charge in [0.25, 0.3) is 0 Å². The predicted octanol–water partition coefficient (Wildman–Crippen LogP) is 0.797. The molecule has 0 rings (SSSR count). The number of carbonyl (C=O) groups is 2. The maximum absolute atomic E-state index is 11.2. The molecule has 0 amide bonds. The molecular formula is C10H18NO2+. The molecule has 0 fully saturated rings. The lowest BCUT2D eigenvalue weighted by Crippen LogP contribution is -2.37. The number of nitrogens with zero attached hydrogens (tertiary/aromatic N) is 1. The Labute approximate surface area is 79.6 Å². The molecule has 0 aliphatic heterocycles. The van der Waals surface area contributed by atoms with Crippen LogP contribution in [0.25, 0.3) is 0 Å². The first-order chi connectivity index (χ1) is 5.74. The molecule has 74 valence electrons. The zero-order chi connectivity index (χ0) is 10.6. The molecule has 0 aliphatic carbocycles. The Bertz CT molecular complexity index is 236. The second kappa shape index (κ2) is 4.33. The van der Waals surface area contributed by atoms with Crippen molar-refractivity contribution in [2.45, 2.75) is 13.3 Å². The molecule has 0 spiro atoms. The molecule has 0 radical (unpaired) electrons. The summed E-state index contributed by atoms with van der Waals surface area (Å²) in [7, 11) is 5.95. The van der Waals surface area contributed by atoms with Crippen molar-refractivity contribution in [3.05, 3.63) is 12.2 Å². The maximum atomic E-state index is 11.2. The topological polar surface area (TPSA) is 34.1 Å². The fraction of sp³-hybridized carbons (Fsp3) is 0.600. The Morgan fingerprint density at radius 1 is 1.23 bits per heavy atom. The Kier molecular flexibility index (Phi) is 4.01. The molecule has 0 N–H and O–H groups in total. The normalized spacial score (nSPS) is 11.1. The van der Waals surface area contributed by atoms with Gasteiger partial charge in [0.05, 0.1) is 34.1 Å². The van der Waals surface area contributed by atoms with Crippen LogP contribution in [0.2, 0.25) is 0 Å². The first-order valence-electron chi connectivity index (χ1n) is 4.27. The summed E-state index contributed by atoms with van der Waals surface area (Å²) in [5.41, 5.74) is 0.325. The average Bonchev–Trinajstić information content (AvgIpc) is 1.97.